The van der Waals surface area contributed by atoms with Gasteiger partial charge in [0, 0.05) is 12.1 Å². The van der Waals surface area contributed by atoms with Gasteiger partial charge in [-0.3, -0.25) is 25.0 Å². The third-order valence-electron chi connectivity index (χ3n) is 3.20. The van der Waals surface area contributed by atoms with E-state index in [4.69, 9.17) is 4.74 Å². The molecule has 0 bridgehead atoms. The van der Waals surface area contributed by atoms with Crippen LogP contribution in [-0.4, -0.2) is 28.6 Å². The Morgan fingerprint density at radius 1 is 1.15 bits per heavy atom. The van der Waals surface area contributed by atoms with Crippen molar-refractivity contribution in [2.24, 2.45) is 5.10 Å². The van der Waals surface area contributed by atoms with Gasteiger partial charge in [-0.05, 0) is 24.6 Å². The molecule has 10 heteroatoms. The number of hydrogen-bond acceptors (Lipinski definition) is 7. The Kier molecular flexibility index (Phi) is 5.93. The second-order valence-electron chi connectivity index (χ2n) is 5.13. The van der Waals surface area contributed by atoms with Gasteiger partial charge in [-0.1, -0.05) is 18.2 Å². The number of carbonyl (C=O) groups is 1. The van der Waals surface area contributed by atoms with Crippen LogP contribution in [0.5, 0.6) is 5.75 Å². The Morgan fingerprint density at radius 2 is 1.85 bits per heavy atom. The van der Waals surface area contributed by atoms with Gasteiger partial charge in [0.05, 0.1) is 21.6 Å². The van der Waals surface area contributed by atoms with E-state index in [1.165, 1.54) is 30.3 Å². The van der Waals surface area contributed by atoms with Gasteiger partial charge in [0.15, 0.2) is 12.4 Å². The monoisotopic (exact) mass is 358 g/mol. The van der Waals surface area contributed by atoms with Gasteiger partial charge in [0.2, 0.25) is 0 Å². The maximum Gasteiger partial charge on any atom is 0.311 e. The maximum absolute atomic E-state index is 11.7. The normalized spacial score (nSPS) is 10.5. The van der Waals surface area contributed by atoms with Crippen LogP contribution in [0.2, 0.25) is 0 Å². The van der Waals surface area contributed by atoms with Crippen LogP contribution < -0.4 is 10.2 Å². The number of carbonyl (C=O) groups excluding carboxylic acids is 1. The maximum atomic E-state index is 11.7. The summed E-state index contributed by atoms with van der Waals surface area (Å²) >= 11 is 0. The highest BCUT2D eigenvalue weighted by Gasteiger charge is 2.16. The van der Waals surface area contributed by atoms with Crippen LogP contribution in [0.3, 0.4) is 0 Å². The fourth-order valence-corrected chi connectivity index (χ4v) is 2.00. The first-order valence-electron chi connectivity index (χ1n) is 7.31. The average Bonchev–Trinajstić information content (AvgIpc) is 2.60. The van der Waals surface area contributed by atoms with Crippen LogP contribution in [0.15, 0.2) is 47.6 Å². The molecule has 0 aliphatic heterocycles. The number of aryl methyl sites for hydroxylation is 1. The molecule has 0 saturated carbocycles. The Bertz CT molecular complexity index is 881. The van der Waals surface area contributed by atoms with E-state index in [0.29, 0.717) is 5.56 Å². The first kappa shape index (κ1) is 18.5. The van der Waals surface area contributed by atoms with E-state index in [0.717, 1.165) is 6.21 Å². The van der Waals surface area contributed by atoms with E-state index in [-0.39, 0.29) is 22.7 Å². The predicted molar refractivity (Wildman–Crippen MR) is 92.2 cm³/mol. The van der Waals surface area contributed by atoms with E-state index in [1.807, 2.05) is 0 Å². The minimum atomic E-state index is -0.672. The zero-order chi connectivity index (χ0) is 19.1. The van der Waals surface area contributed by atoms with Crippen LogP contribution >= 0.6 is 0 Å². The highest BCUT2D eigenvalue weighted by molar-refractivity contribution is 5.86. The number of hydrogen-bond donors (Lipinski definition) is 1. The molecule has 0 saturated heterocycles. The molecule has 0 heterocycles. The number of nitro groups is 2. The van der Waals surface area contributed by atoms with Crippen LogP contribution in [0.1, 0.15) is 11.1 Å². The number of amides is 1. The number of para-hydroxylation sites is 1. The Morgan fingerprint density at radius 3 is 2.54 bits per heavy atom. The van der Waals surface area contributed by atoms with Crippen LogP contribution in [0.25, 0.3) is 0 Å². The highest BCUT2D eigenvalue weighted by Crippen LogP contribution is 2.27. The zero-order valence-corrected chi connectivity index (χ0v) is 13.6. The van der Waals surface area contributed by atoms with Crippen molar-refractivity contribution in [1.82, 2.24) is 5.43 Å². The Hall–Kier alpha value is -3.82. The predicted octanol–water partition coefficient (Wildman–Crippen LogP) is 2.34. The number of hydrazone groups is 1. The molecule has 2 aromatic rings. The third kappa shape index (κ3) is 4.84. The summed E-state index contributed by atoms with van der Waals surface area (Å²) in [5.74, 6) is -0.715. The minimum absolute atomic E-state index is 0.0431. The molecule has 0 aliphatic rings. The standard InChI is InChI=1S/C16H14N4O6/c1-11-6-7-15(14(8-11)20(24)25)26-10-16(21)18-17-9-12-4-2-3-5-13(12)19(22)23/h2-9H,10H2,1H3,(H,18,21). The van der Waals surface area contributed by atoms with Gasteiger partial charge in [-0.25, -0.2) is 5.43 Å². The first-order chi connectivity index (χ1) is 12.4. The van der Waals surface area contributed by atoms with Crippen LogP contribution in [-0.2, 0) is 4.79 Å². The second kappa shape index (κ2) is 8.33. The molecule has 26 heavy (non-hydrogen) atoms. The Balaban J connectivity index is 1.96. The quantitative estimate of drug-likeness (QED) is 0.458. The molecule has 0 spiro atoms. The van der Waals surface area contributed by atoms with Crippen LogP contribution in [0.4, 0.5) is 11.4 Å². The SMILES string of the molecule is Cc1ccc(OCC(=O)NN=Cc2ccccc2[N+](=O)[O-])c([N+](=O)[O-])c1. The minimum Gasteiger partial charge on any atom is -0.477 e. The van der Waals surface area contributed by atoms with E-state index < -0.39 is 22.4 Å². The second-order valence-corrected chi connectivity index (χ2v) is 5.13. The van der Waals surface area contributed by atoms with Crippen molar-refractivity contribution >= 4 is 23.5 Å². The van der Waals surface area contributed by atoms with Crippen molar-refractivity contribution < 1.29 is 19.4 Å². The van der Waals surface area contributed by atoms with Crippen molar-refractivity contribution in [3.05, 3.63) is 73.8 Å². The first-order valence-corrected chi connectivity index (χ1v) is 7.31. The molecule has 134 valence electrons. The molecule has 10 nitrogen and oxygen atoms in total. The number of ether oxygens (including phenoxy) is 1. The fourth-order valence-electron chi connectivity index (χ4n) is 2.00. The lowest BCUT2D eigenvalue weighted by Crippen LogP contribution is -2.24. The number of nitrogens with zero attached hydrogens (tertiary/aromatic N) is 3. The highest BCUT2D eigenvalue weighted by atomic mass is 16.6. The fraction of sp³-hybridized carbons (Fsp3) is 0.125. The number of rotatable bonds is 7. The lowest BCUT2D eigenvalue weighted by molar-refractivity contribution is -0.385. The Labute approximate surface area is 147 Å². The van der Waals surface area contributed by atoms with Gasteiger partial charge >= 0.3 is 5.69 Å². The summed E-state index contributed by atoms with van der Waals surface area (Å²) in [6.45, 7) is 1.19. The molecule has 0 aromatic heterocycles. The van der Waals surface area contributed by atoms with Crippen molar-refractivity contribution in [1.29, 1.82) is 0 Å². The van der Waals surface area contributed by atoms with Crippen LogP contribution in [0, 0.1) is 27.2 Å². The number of benzene rings is 2. The third-order valence-corrected chi connectivity index (χ3v) is 3.20. The summed E-state index contributed by atoms with van der Waals surface area (Å²) in [6, 6.07) is 10.2. The zero-order valence-electron chi connectivity index (χ0n) is 13.6. The van der Waals surface area contributed by atoms with E-state index in [9.17, 15) is 25.0 Å². The summed E-state index contributed by atoms with van der Waals surface area (Å²) in [4.78, 5) is 32.4. The molecule has 0 atom stereocenters. The molecule has 2 rings (SSSR count). The molecular weight excluding hydrogens is 344 g/mol. The average molecular weight is 358 g/mol. The summed E-state index contributed by atoms with van der Waals surface area (Å²) in [5.41, 5.74) is 2.63. The smallest absolute Gasteiger partial charge is 0.311 e. The van der Waals surface area contributed by atoms with Crippen molar-refractivity contribution in [2.75, 3.05) is 6.61 Å². The lowest BCUT2D eigenvalue weighted by atomic mass is 10.2. The van der Waals surface area contributed by atoms with Gasteiger partial charge in [-0.2, -0.15) is 5.10 Å². The molecule has 1 amide bonds. The summed E-state index contributed by atoms with van der Waals surface area (Å²) in [7, 11) is 0. The van der Waals surface area contributed by atoms with E-state index in [2.05, 4.69) is 10.5 Å². The van der Waals surface area contributed by atoms with Crippen molar-refractivity contribution in [2.45, 2.75) is 6.92 Å². The van der Waals surface area contributed by atoms with Crippen molar-refractivity contribution in [3.8, 4) is 5.75 Å². The molecule has 0 radical (unpaired) electrons. The van der Waals surface area contributed by atoms with Gasteiger partial charge in [0.1, 0.15) is 0 Å². The largest absolute Gasteiger partial charge is 0.477 e. The van der Waals surface area contributed by atoms with Gasteiger partial charge < -0.3 is 4.74 Å². The molecule has 1 N–H and O–H groups in total. The van der Waals surface area contributed by atoms with Gasteiger partial charge in [0.25, 0.3) is 11.6 Å². The van der Waals surface area contributed by atoms with E-state index >= 15 is 0 Å². The topological polar surface area (TPSA) is 137 Å². The molecule has 2 aromatic carbocycles. The number of nitrogens with one attached hydrogen (secondary N) is 1. The van der Waals surface area contributed by atoms with Crippen molar-refractivity contribution in [3.63, 3.8) is 0 Å². The molecule has 0 unspecified atom stereocenters. The lowest BCUT2D eigenvalue weighted by Gasteiger charge is -2.06. The number of nitro benzene ring substituents is 2. The molecule has 0 fully saturated rings. The molecule has 0 aliphatic carbocycles. The van der Waals surface area contributed by atoms with E-state index in [1.54, 1.807) is 19.1 Å². The molecular formula is C16H14N4O6. The summed E-state index contributed by atoms with van der Waals surface area (Å²) in [6.07, 6.45) is 1.13. The summed E-state index contributed by atoms with van der Waals surface area (Å²) in [5, 5.41) is 25.5. The van der Waals surface area contributed by atoms with Gasteiger partial charge in [-0.15, -0.1) is 0 Å². The summed E-state index contributed by atoms with van der Waals surface area (Å²) < 4.78 is 5.14.